The van der Waals surface area contributed by atoms with E-state index in [0.29, 0.717) is 0 Å². The van der Waals surface area contributed by atoms with Crippen LogP contribution in [0.5, 0.6) is 0 Å². The Morgan fingerprint density at radius 2 is 2.06 bits per heavy atom. The fraction of sp³-hybridized carbons (Fsp3) is 0.188. The van der Waals surface area contributed by atoms with E-state index in [9.17, 15) is 0 Å². The van der Waals surface area contributed by atoms with E-state index in [1.165, 1.54) is 11.8 Å². The molecule has 2 heteroatoms. The van der Waals surface area contributed by atoms with E-state index < -0.39 is 0 Å². The molecule has 0 spiro atoms. The van der Waals surface area contributed by atoms with Crippen molar-refractivity contribution in [2.24, 2.45) is 4.99 Å². The maximum Gasteiger partial charge on any atom is 0.0831 e. The predicted octanol–water partition coefficient (Wildman–Crippen LogP) is 5.43. The van der Waals surface area contributed by atoms with Crippen molar-refractivity contribution in [2.45, 2.75) is 20.3 Å². The lowest BCUT2D eigenvalue weighted by Gasteiger charge is -2.07. The van der Waals surface area contributed by atoms with Crippen molar-refractivity contribution in [1.82, 2.24) is 0 Å². The smallest absolute Gasteiger partial charge is 0.0831 e. The lowest BCUT2D eigenvalue weighted by atomic mass is 10.1. The molecule has 0 heterocycles. The first-order valence-electron chi connectivity index (χ1n) is 5.86. The Bertz CT molecular complexity index is 409. The van der Waals surface area contributed by atoms with Crippen LogP contribution in [0.1, 0.15) is 20.3 Å². The number of rotatable bonds is 8. The zero-order chi connectivity index (χ0) is 13.8. The van der Waals surface area contributed by atoms with Crippen molar-refractivity contribution in [1.29, 1.82) is 0 Å². The molecule has 0 fully saturated rings. The highest BCUT2D eigenvalue weighted by Crippen LogP contribution is 2.21. The molecule has 0 aliphatic carbocycles. The van der Waals surface area contributed by atoms with Crippen molar-refractivity contribution in [3.63, 3.8) is 0 Å². The van der Waals surface area contributed by atoms with E-state index in [1.807, 2.05) is 37.4 Å². The van der Waals surface area contributed by atoms with E-state index >= 15 is 0 Å². The second-order valence-electron chi connectivity index (χ2n) is 3.32. The van der Waals surface area contributed by atoms with Crippen molar-refractivity contribution >= 4 is 17.5 Å². The van der Waals surface area contributed by atoms with Gasteiger partial charge in [-0.15, -0.1) is 0 Å². The van der Waals surface area contributed by atoms with Gasteiger partial charge in [-0.05, 0) is 24.3 Å². The van der Waals surface area contributed by atoms with Crippen LogP contribution in [0, 0.1) is 0 Å². The molecule has 0 amide bonds. The standard InChI is InChI=1S/C16H21NS/c1-6-10-12-15(8-3)16(14(5)18-9-4)17-13-11-7-2/h6,8-13H,1,4-5,7H2,2-3H3/b12-10-,13-11-,15-8+,17-16+. The monoisotopic (exact) mass is 259 g/mol. The average molecular weight is 259 g/mol. The molecule has 0 radical (unpaired) electrons. The number of nitrogens with zero attached hydrogens (tertiary/aromatic N) is 1. The molecule has 0 bridgehead atoms. The molecule has 0 unspecified atom stereocenters. The maximum atomic E-state index is 4.47. The third kappa shape index (κ3) is 6.26. The van der Waals surface area contributed by atoms with E-state index in [0.717, 1.165) is 22.6 Å². The number of hydrogen-bond donors (Lipinski definition) is 0. The van der Waals surface area contributed by atoms with Gasteiger partial charge < -0.3 is 0 Å². The summed E-state index contributed by atoms with van der Waals surface area (Å²) in [6, 6.07) is 0. The fourth-order valence-corrected chi connectivity index (χ4v) is 1.66. The third-order valence-corrected chi connectivity index (χ3v) is 2.68. The number of thioether (sulfide) groups is 1. The van der Waals surface area contributed by atoms with Gasteiger partial charge >= 0.3 is 0 Å². The highest BCUT2D eigenvalue weighted by atomic mass is 32.2. The van der Waals surface area contributed by atoms with Crippen LogP contribution >= 0.6 is 11.8 Å². The van der Waals surface area contributed by atoms with Gasteiger partial charge in [0.1, 0.15) is 0 Å². The third-order valence-electron chi connectivity index (χ3n) is 2.03. The molecule has 0 atom stereocenters. The second kappa shape index (κ2) is 10.6. The van der Waals surface area contributed by atoms with Crippen LogP contribution in [0.2, 0.25) is 0 Å². The maximum absolute atomic E-state index is 4.47. The van der Waals surface area contributed by atoms with Gasteiger partial charge in [0.25, 0.3) is 0 Å². The summed E-state index contributed by atoms with van der Waals surface area (Å²) in [5, 5.41) is 1.76. The first-order chi connectivity index (χ1) is 8.71. The minimum atomic E-state index is 0.866. The Morgan fingerprint density at radius 1 is 1.33 bits per heavy atom. The first-order valence-corrected chi connectivity index (χ1v) is 6.74. The van der Waals surface area contributed by atoms with E-state index in [4.69, 9.17) is 0 Å². The van der Waals surface area contributed by atoms with Crippen LogP contribution < -0.4 is 0 Å². The van der Waals surface area contributed by atoms with Crippen LogP contribution in [-0.2, 0) is 0 Å². The molecule has 0 aliphatic heterocycles. The van der Waals surface area contributed by atoms with Gasteiger partial charge in [0.2, 0.25) is 0 Å². The Balaban J connectivity index is 5.30. The summed E-state index contributed by atoms with van der Waals surface area (Å²) in [6.07, 6.45) is 12.4. The van der Waals surface area contributed by atoms with Gasteiger partial charge in [-0.3, -0.25) is 4.99 Å². The second-order valence-corrected chi connectivity index (χ2v) is 4.38. The normalized spacial score (nSPS) is 13.2. The molecule has 0 aliphatic rings. The van der Waals surface area contributed by atoms with Crippen molar-refractivity contribution in [2.75, 3.05) is 0 Å². The number of hydrogen-bond acceptors (Lipinski definition) is 2. The SMILES string of the molecule is C=C\C=C/C(=C\C)C(=N/C=C\CC)/C(=C)SC=C. The average Bonchev–Trinajstić information content (AvgIpc) is 2.37. The minimum absolute atomic E-state index is 0.866. The van der Waals surface area contributed by atoms with Crippen molar-refractivity contribution < 1.29 is 0 Å². The van der Waals surface area contributed by atoms with Gasteiger partial charge in [-0.25, -0.2) is 0 Å². The molecule has 96 valence electrons. The zero-order valence-electron chi connectivity index (χ0n) is 11.2. The lowest BCUT2D eigenvalue weighted by Crippen LogP contribution is -2.01. The topological polar surface area (TPSA) is 12.4 Å². The summed E-state index contributed by atoms with van der Waals surface area (Å²) in [6.45, 7) is 15.5. The molecular formula is C16H21NS. The molecule has 0 aromatic rings. The Morgan fingerprint density at radius 3 is 2.56 bits per heavy atom. The van der Waals surface area contributed by atoms with Gasteiger partial charge in [0, 0.05) is 11.1 Å². The van der Waals surface area contributed by atoms with Gasteiger partial charge in [0.05, 0.1) is 5.71 Å². The van der Waals surface area contributed by atoms with E-state index in [-0.39, 0.29) is 0 Å². The summed E-state index contributed by atoms with van der Waals surface area (Å²) in [5.41, 5.74) is 1.89. The molecular weight excluding hydrogens is 238 g/mol. The minimum Gasteiger partial charge on any atom is -0.255 e. The summed E-state index contributed by atoms with van der Waals surface area (Å²) in [5.74, 6) is 0. The summed E-state index contributed by atoms with van der Waals surface area (Å²) in [7, 11) is 0. The molecule has 0 saturated heterocycles. The predicted molar refractivity (Wildman–Crippen MR) is 86.9 cm³/mol. The highest BCUT2D eigenvalue weighted by molar-refractivity contribution is 8.06. The van der Waals surface area contributed by atoms with Crippen molar-refractivity contribution in [3.8, 4) is 0 Å². The first kappa shape index (κ1) is 16.5. The summed E-state index contributed by atoms with van der Waals surface area (Å²) < 4.78 is 0. The molecule has 0 aromatic carbocycles. The number of allylic oxidation sites excluding steroid dienone is 7. The van der Waals surface area contributed by atoms with Crippen LogP contribution in [0.4, 0.5) is 0 Å². The van der Waals surface area contributed by atoms with Crippen LogP contribution in [-0.4, -0.2) is 5.71 Å². The number of aliphatic imine (C=N–C) groups is 1. The molecule has 1 nitrogen and oxygen atoms in total. The zero-order valence-corrected chi connectivity index (χ0v) is 12.0. The highest BCUT2D eigenvalue weighted by Gasteiger charge is 2.06. The Labute approximate surface area is 115 Å². The largest absolute Gasteiger partial charge is 0.255 e. The molecule has 0 saturated carbocycles. The Kier molecular flexibility index (Phi) is 9.70. The molecule has 0 N–H and O–H groups in total. The molecule has 0 rings (SSSR count). The fourth-order valence-electron chi connectivity index (χ4n) is 1.18. The quantitative estimate of drug-likeness (QED) is 0.418. The van der Waals surface area contributed by atoms with Gasteiger partial charge in [-0.1, -0.05) is 68.8 Å². The van der Waals surface area contributed by atoms with E-state index in [2.05, 4.69) is 31.7 Å². The van der Waals surface area contributed by atoms with Gasteiger partial charge in [0.15, 0.2) is 0 Å². The summed E-state index contributed by atoms with van der Waals surface area (Å²) in [4.78, 5) is 5.35. The van der Waals surface area contributed by atoms with Crippen LogP contribution in [0.15, 0.2) is 77.2 Å². The summed E-state index contributed by atoms with van der Waals surface area (Å²) >= 11 is 1.48. The van der Waals surface area contributed by atoms with E-state index in [1.54, 1.807) is 11.5 Å². The Hall–Kier alpha value is -1.54. The van der Waals surface area contributed by atoms with Crippen molar-refractivity contribution in [3.05, 3.63) is 72.2 Å². The lowest BCUT2D eigenvalue weighted by molar-refractivity contribution is 1.21. The van der Waals surface area contributed by atoms with Gasteiger partial charge in [-0.2, -0.15) is 0 Å². The molecule has 0 aromatic heterocycles. The van der Waals surface area contributed by atoms with Crippen LogP contribution in [0.25, 0.3) is 0 Å². The molecule has 18 heavy (non-hydrogen) atoms. The van der Waals surface area contributed by atoms with Crippen LogP contribution in [0.3, 0.4) is 0 Å².